The molecule has 87 valence electrons. The lowest BCUT2D eigenvalue weighted by Gasteiger charge is -2.21. The highest BCUT2D eigenvalue weighted by Crippen LogP contribution is 2.37. The molecule has 1 N–H and O–H groups in total. The molecule has 17 heavy (non-hydrogen) atoms. The van der Waals surface area contributed by atoms with Crippen LogP contribution in [0.1, 0.15) is 16.5 Å². The molecule has 2 aromatic rings. The molecule has 1 unspecified atom stereocenters. The molecule has 0 fully saturated rings. The van der Waals surface area contributed by atoms with E-state index in [1.54, 1.807) is 17.5 Å². The Kier molecular flexibility index (Phi) is 2.93. The van der Waals surface area contributed by atoms with E-state index in [9.17, 15) is 0 Å². The molecule has 0 aliphatic carbocycles. The first-order valence-electron chi connectivity index (χ1n) is 5.67. The second-order valence-electron chi connectivity index (χ2n) is 4.04. The smallest absolute Gasteiger partial charge is 0.0974 e. The summed E-state index contributed by atoms with van der Waals surface area (Å²) in [6.07, 6.45) is 4.59. The van der Waals surface area contributed by atoms with Gasteiger partial charge in [0, 0.05) is 40.7 Å². The third-order valence-corrected chi connectivity index (χ3v) is 4.23. The van der Waals surface area contributed by atoms with Crippen LogP contribution in [0.15, 0.2) is 30.6 Å². The Morgan fingerprint density at radius 1 is 1.53 bits per heavy atom. The fourth-order valence-corrected chi connectivity index (χ4v) is 3.30. The third kappa shape index (κ3) is 1.99. The van der Waals surface area contributed by atoms with Gasteiger partial charge in [0.05, 0.1) is 12.7 Å². The second kappa shape index (κ2) is 4.56. The zero-order valence-electron chi connectivity index (χ0n) is 9.35. The van der Waals surface area contributed by atoms with Crippen LogP contribution in [-0.4, -0.2) is 18.1 Å². The Bertz CT molecular complexity index is 509. The average molecular weight is 245 g/mol. The third-order valence-electron chi connectivity index (χ3n) is 2.97. The molecule has 0 bridgehead atoms. The molecular formula is C13H13N2OS. The fraction of sp³-hybridized carbons (Fsp3) is 0.308. The van der Waals surface area contributed by atoms with Crippen molar-refractivity contribution in [1.29, 1.82) is 0 Å². The first kappa shape index (κ1) is 10.9. The Balaban J connectivity index is 2.02. The lowest BCUT2D eigenvalue weighted by atomic mass is 10.1. The van der Waals surface area contributed by atoms with Crippen molar-refractivity contribution in [2.75, 3.05) is 13.2 Å². The summed E-state index contributed by atoms with van der Waals surface area (Å²) in [6.45, 7) is 1.04. The molecule has 3 heterocycles. The molecule has 1 radical (unpaired) electrons. The van der Waals surface area contributed by atoms with E-state index in [1.807, 2.05) is 12.3 Å². The topological polar surface area (TPSA) is 45.9 Å². The average Bonchev–Trinajstić information content (AvgIpc) is 2.83. The number of nitrogens with zero attached hydrogens (tertiary/aromatic N) is 1. The fourth-order valence-electron chi connectivity index (χ4n) is 2.11. The van der Waals surface area contributed by atoms with Crippen molar-refractivity contribution in [2.24, 2.45) is 0 Å². The number of thiophene rings is 1. The van der Waals surface area contributed by atoms with E-state index < -0.39 is 0 Å². The molecule has 1 aliphatic rings. The molecule has 0 aromatic carbocycles. The van der Waals surface area contributed by atoms with Gasteiger partial charge >= 0.3 is 0 Å². The van der Waals surface area contributed by atoms with Crippen LogP contribution >= 0.6 is 11.3 Å². The summed E-state index contributed by atoms with van der Waals surface area (Å²) in [6, 6.07) is 6.18. The summed E-state index contributed by atoms with van der Waals surface area (Å²) in [5.74, 6) is 0. The number of ether oxygens (including phenoxy) is 1. The molecule has 3 nitrogen and oxygen atoms in total. The van der Waals surface area contributed by atoms with Gasteiger partial charge in [0.15, 0.2) is 0 Å². The summed E-state index contributed by atoms with van der Waals surface area (Å²) >= 11 is 1.80. The summed E-state index contributed by atoms with van der Waals surface area (Å²) < 4.78 is 5.61. The SMILES string of the molecule is [NH]CC1OCCc2sc(-c3cccnc3)cc21. The van der Waals surface area contributed by atoms with Gasteiger partial charge < -0.3 is 4.74 Å². The Labute approximate surface area is 104 Å². The van der Waals surface area contributed by atoms with Gasteiger partial charge in [-0.15, -0.1) is 11.3 Å². The minimum absolute atomic E-state index is 0.0413. The van der Waals surface area contributed by atoms with Crippen molar-refractivity contribution in [2.45, 2.75) is 12.5 Å². The van der Waals surface area contributed by atoms with Gasteiger partial charge in [-0.2, -0.15) is 0 Å². The standard InChI is InChI=1S/C13H13N2OS/c14-7-11-10-6-13(9-2-1-4-15-8-9)17-12(10)3-5-16-11/h1-2,4,6,8,11,14H,3,5,7H2. The van der Waals surface area contributed by atoms with E-state index in [1.165, 1.54) is 15.3 Å². The molecule has 0 amide bonds. The monoisotopic (exact) mass is 245 g/mol. The molecule has 3 rings (SSSR count). The lowest BCUT2D eigenvalue weighted by molar-refractivity contribution is 0.0487. The number of aromatic nitrogens is 1. The van der Waals surface area contributed by atoms with Crippen LogP contribution < -0.4 is 5.73 Å². The van der Waals surface area contributed by atoms with E-state index in [0.29, 0.717) is 6.54 Å². The van der Waals surface area contributed by atoms with Gasteiger partial charge in [0.2, 0.25) is 0 Å². The van der Waals surface area contributed by atoms with Crippen molar-refractivity contribution in [3.05, 3.63) is 41.0 Å². The number of fused-ring (bicyclic) bond motifs is 1. The normalized spacial score (nSPS) is 19.0. The van der Waals surface area contributed by atoms with Crippen LogP contribution in [0.4, 0.5) is 0 Å². The van der Waals surface area contributed by atoms with Gasteiger partial charge in [-0.05, 0) is 17.7 Å². The van der Waals surface area contributed by atoms with Crippen molar-refractivity contribution in [3.63, 3.8) is 0 Å². The van der Waals surface area contributed by atoms with Crippen LogP contribution in [0.3, 0.4) is 0 Å². The summed E-state index contributed by atoms with van der Waals surface area (Å²) in [4.78, 5) is 6.74. The number of nitrogens with one attached hydrogen (secondary N) is 1. The maximum atomic E-state index is 7.51. The van der Waals surface area contributed by atoms with Crippen LogP contribution in [-0.2, 0) is 11.2 Å². The molecule has 0 saturated carbocycles. The highest BCUT2D eigenvalue weighted by molar-refractivity contribution is 7.15. The van der Waals surface area contributed by atoms with E-state index >= 15 is 0 Å². The van der Waals surface area contributed by atoms with Crippen LogP contribution in [0.25, 0.3) is 10.4 Å². The Morgan fingerprint density at radius 3 is 3.24 bits per heavy atom. The molecule has 0 spiro atoms. The first-order valence-corrected chi connectivity index (χ1v) is 6.49. The highest BCUT2D eigenvalue weighted by atomic mass is 32.1. The first-order chi connectivity index (χ1) is 8.38. The molecule has 1 atom stereocenters. The van der Waals surface area contributed by atoms with Crippen molar-refractivity contribution < 1.29 is 4.74 Å². The van der Waals surface area contributed by atoms with Gasteiger partial charge in [-0.1, -0.05) is 6.07 Å². The quantitative estimate of drug-likeness (QED) is 0.816. The number of pyridine rings is 1. The van der Waals surface area contributed by atoms with Gasteiger partial charge in [-0.3, -0.25) is 10.7 Å². The van der Waals surface area contributed by atoms with Gasteiger partial charge in [0.1, 0.15) is 0 Å². The molecule has 0 saturated heterocycles. The minimum atomic E-state index is -0.0413. The van der Waals surface area contributed by atoms with E-state index in [2.05, 4.69) is 17.1 Å². The van der Waals surface area contributed by atoms with Crippen molar-refractivity contribution in [1.82, 2.24) is 10.7 Å². The number of hydrogen-bond acceptors (Lipinski definition) is 3. The van der Waals surface area contributed by atoms with E-state index in [4.69, 9.17) is 10.5 Å². The van der Waals surface area contributed by atoms with E-state index in [-0.39, 0.29) is 6.10 Å². The zero-order valence-corrected chi connectivity index (χ0v) is 10.2. The van der Waals surface area contributed by atoms with Crippen molar-refractivity contribution >= 4 is 11.3 Å². The number of hydrogen-bond donors (Lipinski definition) is 0. The van der Waals surface area contributed by atoms with Gasteiger partial charge in [-0.25, -0.2) is 0 Å². The number of rotatable bonds is 2. The molecule has 2 aromatic heterocycles. The van der Waals surface area contributed by atoms with Crippen LogP contribution in [0.2, 0.25) is 0 Å². The maximum absolute atomic E-state index is 7.51. The van der Waals surface area contributed by atoms with Crippen LogP contribution in [0, 0.1) is 0 Å². The molecular weight excluding hydrogens is 232 g/mol. The highest BCUT2D eigenvalue weighted by Gasteiger charge is 2.22. The maximum Gasteiger partial charge on any atom is 0.0974 e. The lowest BCUT2D eigenvalue weighted by Crippen LogP contribution is -2.17. The summed E-state index contributed by atoms with van der Waals surface area (Å²) in [5.41, 5.74) is 9.86. The van der Waals surface area contributed by atoms with Gasteiger partial charge in [0.25, 0.3) is 0 Å². The van der Waals surface area contributed by atoms with Crippen LogP contribution in [0.5, 0.6) is 0 Å². The Morgan fingerprint density at radius 2 is 2.47 bits per heavy atom. The largest absolute Gasteiger partial charge is 0.372 e. The molecule has 4 heteroatoms. The summed E-state index contributed by atoms with van der Waals surface area (Å²) in [5, 5.41) is 0. The predicted molar refractivity (Wildman–Crippen MR) is 67.9 cm³/mol. The minimum Gasteiger partial charge on any atom is -0.372 e. The molecule has 1 aliphatic heterocycles. The zero-order chi connectivity index (χ0) is 11.7. The predicted octanol–water partition coefficient (Wildman–Crippen LogP) is 2.71. The summed E-state index contributed by atoms with van der Waals surface area (Å²) in [7, 11) is 0. The van der Waals surface area contributed by atoms with E-state index in [0.717, 1.165) is 18.6 Å². The Hall–Kier alpha value is -1.23. The second-order valence-corrected chi connectivity index (χ2v) is 5.18. The van der Waals surface area contributed by atoms with Crippen molar-refractivity contribution in [3.8, 4) is 10.4 Å².